The fourth-order valence-electron chi connectivity index (χ4n) is 3.38. The monoisotopic (exact) mass is 338 g/mol. The third kappa shape index (κ3) is 3.62. The lowest BCUT2D eigenvalue weighted by atomic mass is 9.72. The lowest BCUT2D eigenvalue weighted by Gasteiger charge is -2.32. The van der Waals surface area contributed by atoms with Gasteiger partial charge in [0.05, 0.1) is 25.7 Å². The third-order valence-electron chi connectivity index (χ3n) is 4.67. The fourth-order valence-corrected chi connectivity index (χ4v) is 3.38. The average molecular weight is 338 g/mol. The molecular weight excluding hydrogens is 312 g/mol. The molecule has 2 aliphatic rings. The molecule has 6 heteroatoms. The zero-order chi connectivity index (χ0) is 17.7. The second-order valence-corrected chi connectivity index (χ2v) is 6.22. The van der Waals surface area contributed by atoms with E-state index < -0.39 is 17.4 Å². The maximum Gasteiger partial charge on any atom is 0.323 e. The van der Waals surface area contributed by atoms with Crippen LogP contribution in [0.3, 0.4) is 0 Å². The largest absolute Gasteiger partial charge is 0.466 e. The van der Waals surface area contributed by atoms with E-state index in [-0.39, 0.29) is 37.4 Å². The van der Waals surface area contributed by atoms with Gasteiger partial charge in [0.2, 0.25) is 0 Å². The molecule has 0 unspecified atom stereocenters. The molecular formula is C18H26O6. The van der Waals surface area contributed by atoms with Crippen LogP contribution >= 0.6 is 0 Å². The summed E-state index contributed by atoms with van der Waals surface area (Å²) >= 11 is 0. The molecule has 0 heterocycles. The molecule has 1 saturated carbocycles. The van der Waals surface area contributed by atoms with Gasteiger partial charge in [-0.25, -0.2) is 0 Å². The summed E-state index contributed by atoms with van der Waals surface area (Å²) in [5.41, 5.74) is -0.307. The van der Waals surface area contributed by atoms with Crippen molar-refractivity contribution in [2.24, 2.45) is 17.3 Å². The van der Waals surface area contributed by atoms with Gasteiger partial charge in [0, 0.05) is 0 Å². The smallest absolute Gasteiger partial charge is 0.323 e. The quantitative estimate of drug-likeness (QED) is 0.307. The number of allylic oxidation sites excluding steroid dienone is 2. The van der Waals surface area contributed by atoms with Crippen LogP contribution in [0.5, 0.6) is 0 Å². The summed E-state index contributed by atoms with van der Waals surface area (Å²) in [4.78, 5) is 36.9. The van der Waals surface area contributed by atoms with Gasteiger partial charge in [-0.15, -0.1) is 0 Å². The van der Waals surface area contributed by atoms with Crippen molar-refractivity contribution in [1.82, 2.24) is 0 Å². The lowest BCUT2D eigenvalue weighted by molar-refractivity contribution is -0.173. The molecule has 0 N–H and O–H groups in total. The number of hydrogen-bond acceptors (Lipinski definition) is 6. The van der Waals surface area contributed by atoms with E-state index in [4.69, 9.17) is 14.2 Å². The lowest BCUT2D eigenvalue weighted by Crippen LogP contribution is -2.44. The zero-order valence-electron chi connectivity index (χ0n) is 14.6. The number of hydrogen-bond donors (Lipinski definition) is 0. The Morgan fingerprint density at radius 2 is 1.62 bits per heavy atom. The van der Waals surface area contributed by atoms with Gasteiger partial charge >= 0.3 is 17.9 Å². The Morgan fingerprint density at radius 3 is 2.17 bits per heavy atom. The Bertz CT molecular complexity index is 518. The molecule has 6 nitrogen and oxygen atoms in total. The summed E-state index contributed by atoms with van der Waals surface area (Å²) in [5, 5.41) is 0. The highest BCUT2D eigenvalue weighted by Crippen LogP contribution is 2.51. The van der Waals surface area contributed by atoms with E-state index in [1.54, 1.807) is 20.8 Å². The summed E-state index contributed by atoms with van der Waals surface area (Å²) < 4.78 is 15.4. The molecule has 2 rings (SSSR count). The minimum atomic E-state index is -1.28. The number of carbonyl (C=O) groups is 3. The summed E-state index contributed by atoms with van der Waals surface area (Å²) in [6.07, 6.45) is 4.00. The minimum Gasteiger partial charge on any atom is -0.466 e. The summed E-state index contributed by atoms with van der Waals surface area (Å²) in [6, 6.07) is 0. The van der Waals surface area contributed by atoms with Gasteiger partial charge < -0.3 is 14.2 Å². The SMILES string of the molecule is CCOC(=O)[C@H]1C[C@H]1C1=CCCC(C(=O)OCC)(C(=O)OCC)C1. The van der Waals surface area contributed by atoms with Crippen molar-refractivity contribution in [3.8, 4) is 0 Å². The van der Waals surface area contributed by atoms with Crippen LogP contribution in [0, 0.1) is 17.3 Å². The van der Waals surface area contributed by atoms with Gasteiger partial charge in [-0.2, -0.15) is 0 Å². The van der Waals surface area contributed by atoms with Crippen molar-refractivity contribution in [2.45, 2.75) is 46.5 Å². The topological polar surface area (TPSA) is 78.9 Å². The van der Waals surface area contributed by atoms with Crippen molar-refractivity contribution in [3.63, 3.8) is 0 Å². The van der Waals surface area contributed by atoms with Gasteiger partial charge in [0.15, 0.2) is 5.41 Å². The van der Waals surface area contributed by atoms with Gasteiger partial charge in [-0.1, -0.05) is 11.6 Å². The van der Waals surface area contributed by atoms with Crippen LogP contribution in [-0.2, 0) is 28.6 Å². The Balaban J connectivity index is 2.15. The Kier molecular flexibility index (Phi) is 6.02. The van der Waals surface area contributed by atoms with Gasteiger partial charge in [-0.05, 0) is 52.4 Å². The van der Waals surface area contributed by atoms with E-state index >= 15 is 0 Å². The maximum atomic E-state index is 12.5. The van der Waals surface area contributed by atoms with Crippen molar-refractivity contribution in [2.75, 3.05) is 19.8 Å². The Labute approximate surface area is 142 Å². The molecule has 2 aliphatic carbocycles. The summed E-state index contributed by atoms with van der Waals surface area (Å²) in [7, 11) is 0. The molecule has 0 bridgehead atoms. The Morgan fingerprint density at radius 1 is 1.04 bits per heavy atom. The molecule has 1 fully saturated rings. The molecule has 0 amide bonds. The van der Waals surface area contributed by atoms with Crippen LogP contribution in [-0.4, -0.2) is 37.7 Å². The Hall–Kier alpha value is -1.85. The predicted octanol–water partition coefficient (Wildman–Crippen LogP) is 2.41. The maximum absolute atomic E-state index is 12.5. The first-order valence-corrected chi connectivity index (χ1v) is 8.70. The van der Waals surface area contributed by atoms with Crippen LogP contribution in [0.15, 0.2) is 11.6 Å². The highest BCUT2D eigenvalue weighted by Gasteiger charge is 2.54. The highest BCUT2D eigenvalue weighted by molar-refractivity contribution is 6.00. The molecule has 134 valence electrons. The van der Waals surface area contributed by atoms with Crippen molar-refractivity contribution in [3.05, 3.63) is 11.6 Å². The van der Waals surface area contributed by atoms with E-state index in [1.807, 2.05) is 6.08 Å². The fraction of sp³-hybridized carbons (Fsp3) is 0.722. The second-order valence-electron chi connectivity index (χ2n) is 6.22. The molecule has 0 saturated heterocycles. The van der Waals surface area contributed by atoms with Gasteiger partial charge in [0.1, 0.15) is 0 Å². The zero-order valence-corrected chi connectivity index (χ0v) is 14.6. The van der Waals surface area contributed by atoms with Crippen LogP contribution in [0.1, 0.15) is 46.5 Å². The van der Waals surface area contributed by atoms with E-state index in [2.05, 4.69) is 0 Å². The van der Waals surface area contributed by atoms with E-state index in [0.29, 0.717) is 25.9 Å². The predicted molar refractivity (Wildman–Crippen MR) is 85.9 cm³/mol. The van der Waals surface area contributed by atoms with Crippen molar-refractivity contribution in [1.29, 1.82) is 0 Å². The van der Waals surface area contributed by atoms with Gasteiger partial charge in [0.25, 0.3) is 0 Å². The van der Waals surface area contributed by atoms with E-state index in [9.17, 15) is 14.4 Å². The van der Waals surface area contributed by atoms with Crippen molar-refractivity contribution >= 4 is 17.9 Å². The van der Waals surface area contributed by atoms with Gasteiger partial charge in [-0.3, -0.25) is 14.4 Å². The third-order valence-corrected chi connectivity index (χ3v) is 4.67. The number of carbonyl (C=O) groups excluding carboxylic acids is 3. The van der Waals surface area contributed by atoms with E-state index in [0.717, 1.165) is 5.57 Å². The molecule has 0 aromatic rings. The van der Waals surface area contributed by atoms with Crippen LogP contribution < -0.4 is 0 Å². The molecule has 0 radical (unpaired) electrons. The average Bonchev–Trinajstić information content (AvgIpc) is 3.36. The van der Waals surface area contributed by atoms with E-state index in [1.165, 1.54) is 0 Å². The highest BCUT2D eigenvalue weighted by atomic mass is 16.6. The minimum absolute atomic E-state index is 0.0626. The molecule has 24 heavy (non-hydrogen) atoms. The first-order valence-electron chi connectivity index (χ1n) is 8.70. The number of ether oxygens (including phenoxy) is 3. The first-order chi connectivity index (χ1) is 11.5. The summed E-state index contributed by atoms with van der Waals surface area (Å²) in [6.45, 7) is 6.00. The molecule has 0 spiro atoms. The standard InChI is InChI=1S/C18H26O6/c1-4-22-15(19)14-10-13(14)12-8-7-9-18(11-12,16(20)23-5-2)17(21)24-6-3/h8,13-14H,4-7,9-11H2,1-3H3/t13-,14-/m0/s1. The van der Waals surface area contributed by atoms with Crippen molar-refractivity contribution < 1.29 is 28.6 Å². The first kappa shape index (κ1) is 18.5. The van der Waals surface area contributed by atoms with Crippen LogP contribution in [0.4, 0.5) is 0 Å². The second kappa shape index (κ2) is 7.81. The molecule has 2 atom stereocenters. The normalized spacial score (nSPS) is 24.5. The summed E-state index contributed by atoms with van der Waals surface area (Å²) in [5.74, 6) is -1.35. The number of esters is 3. The molecule has 0 aromatic carbocycles. The van der Waals surface area contributed by atoms with Crippen LogP contribution in [0.2, 0.25) is 0 Å². The number of rotatable bonds is 7. The van der Waals surface area contributed by atoms with Crippen LogP contribution in [0.25, 0.3) is 0 Å². The molecule has 0 aromatic heterocycles. The molecule has 0 aliphatic heterocycles.